The summed E-state index contributed by atoms with van der Waals surface area (Å²) in [5, 5.41) is 5.00. The van der Waals surface area contributed by atoms with Gasteiger partial charge in [-0.3, -0.25) is 0 Å². The summed E-state index contributed by atoms with van der Waals surface area (Å²) in [4.78, 5) is 0. The predicted octanol–water partition coefficient (Wildman–Crippen LogP) is 16.3. The van der Waals surface area contributed by atoms with Crippen molar-refractivity contribution in [1.29, 1.82) is 0 Å². The van der Waals surface area contributed by atoms with Gasteiger partial charge in [0.2, 0.25) is 0 Å². The minimum atomic E-state index is 1.20. The van der Waals surface area contributed by atoms with Gasteiger partial charge in [0.25, 0.3) is 0 Å². The fourth-order valence-corrected chi connectivity index (χ4v) is 10.1. The molecule has 0 aliphatic heterocycles. The minimum Gasteiger partial charge on any atom is -0.0622 e. The van der Waals surface area contributed by atoms with Crippen molar-refractivity contribution in [2.75, 3.05) is 0 Å². The number of fused-ring (bicyclic) bond motifs is 6. The largest absolute Gasteiger partial charge is 0.0622 e. The zero-order chi connectivity index (χ0) is 41.0. The molecule has 0 heterocycles. The van der Waals surface area contributed by atoms with Crippen molar-refractivity contribution in [3.8, 4) is 33.4 Å². The normalized spacial score (nSPS) is 13.3. The third kappa shape index (κ3) is 5.84. The Balaban J connectivity index is 1.23. The molecule has 0 saturated carbocycles. The average Bonchev–Trinajstić information content (AvgIpc) is 3.87. The summed E-state index contributed by atoms with van der Waals surface area (Å²) in [5.74, 6) is 0. The van der Waals surface area contributed by atoms with Gasteiger partial charge in [-0.1, -0.05) is 224 Å². The Morgan fingerprint density at radius 3 is 1.11 bits per heavy atom. The summed E-state index contributed by atoms with van der Waals surface area (Å²) in [6.07, 6.45) is 0. The van der Waals surface area contributed by atoms with Crippen LogP contribution in [0.5, 0.6) is 0 Å². The lowest BCUT2D eigenvalue weighted by Gasteiger charge is -2.20. The standard InChI is InChI=1S/C62H40/c1-7-20-41(21-8-1)47-34-36-49-48(38-47)35-37-51-50(49)32-19-33-52(51)60-58(45-28-15-5-16-29-45)59(46-30-17-6-18-31-46)62-57(44-26-13-4-14-27-44)55-39-53(42-22-9-2-10-23-42)54(40-56(55)61(60)62)43-24-11-3-12-25-43/h1-40H. The van der Waals surface area contributed by atoms with Crippen LogP contribution in [0.3, 0.4) is 0 Å². The highest BCUT2D eigenvalue weighted by Gasteiger charge is 2.41. The molecule has 0 nitrogen and oxygen atoms in total. The Labute approximate surface area is 362 Å². The Bertz CT molecular complexity index is 3430. The monoisotopic (exact) mass is 784 g/mol. The summed E-state index contributed by atoms with van der Waals surface area (Å²) in [5.41, 5.74) is 22.4. The topological polar surface area (TPSA) is 0 Å². The third-order valence-electron chi connectivity index (χ3n) is 12.8. The van der Waals surface area contributed by atoms with Crippen molar-refractivity contribution in [2.45, 2.75) is 0 Å². The Morgan fingerprint density at radius 2 is 0.581 bits per heavy atom. The van der Waals surface area contributed by atoms with Crippen molar-refractivity contribution >= 4 is 49.4 Å². The molecule has 0 atom stereocenters. The Kier molecular flexibility index (Phi) is 8.61. The van der Waals surface area contributed by atoms with Crippen molar-refractivity contribution in [2.24, 2.45) is 0 Å². The first-order valence-electron chi connectivity index (χ1n) is 21.5. The molecule has 10 aromatic carbocycles. The maximum Gasteiger partial charge on any atom is -0.000137 e. The van der Waals surface area contributed by atoms with Gasteiger partial charge >= 0.3 is 0 Å². The number of hydrogen-bond acceptors (Lipinski definition) is 0. The van der Waals surface area contributed by atoms with E-state index in [-0.39, 0.29) is 0 Å². The quantitative estimate of drug-likeness (QED) is 0.141. The summed E-state index contributed by atoms with van der Waals surface area (Å²) in [6.45, 7) is 0. The number of benzene rings is 10. The van der Waals surface area contributed by atoms with E-state index >= 15 is 0 Å². The maximum atomic E-state index is 2.50. The van der Waals surface area contributed by atoms with Crippen molar-refractivity contribution in [1.82, 2.24) is 0 Å². The lowest BCUT2D eigenvalue weighted by atomic mass is 9.83. The van der Waals surface area contributed by atoms with E-state index in [9.17, 15) is 0 Å². The molecule has 0 fully saturated rings. The van der Waals surface area contributed by atoms with Gasteiger partial charge in [0.15, 0.2) is 0 Å². The molecular weight excluding hydrogens is 745 g/mol. The molecule has 0 spiro atoms. The molecule has 0 amide bonds. The second-order valence-electron chi connectivity index (χ2n) is 16.3. The molecule has 0 N–H and O–H groups in total. The zero-order valence-corrected chi connectivity index (χ0v) is 34.1. The van der Waals surface area contributed by atoms with E-state index in [4.69, 9.17) is 0 Å². The zero-order valence-electron chi connectivity index (χ0n) is 34.1. The second kappa shape index (κ2) is 14.9. The first-order chi connectivity index (χ1) is 30.8. The van der Waals surface area contributed by atoms with Gasteiger partial charge < -0.3 is 0 Å². The smallest absolute Gasteiger partial charge is 0.000137 e. The van der Waals surface area contributed by atoms with E-state index in [0.717, 1.165) is 0 Å². The number of allylic oxidation sites excluding steroid dienone is 5. The van der Waals surface area contributed by atoms with Gasteiger partial charge in [-0.25, -0.2) is 0 Å². The summed E-state index contributed by atoms with van der Waals surface area (Å²) < 4.78 is 0. The third-order valence-corrected chi connectivity index (χ3v) is 12.8. The van der Waals surface area contributed by atoms with Crippen LogP contribution in [0, 0.1) is 0 Å². The van der Waals surface area contributed by atoms with E-state index in [1.807, 2.05) is 0 Å². The molecule has 12 rings (SSSR count). The van der Waals surface area contributed by atoms with Gasteiger partial charge in [-0.2, -0.15) is 0 Å². The molecule has 2 aliphatic rings. The van der Waals surface area contributed by atoms with Crippen LogP contribution in [0.25, 0.3) is 82.8 Å². The lowest BCUT2D eigenvalue weighted by molar-refractivity contribution is 1.52. The van der Waals surface area contributed by atoms with Crippen LogP contribution in [-0.2, 0) is 0 Å². The highest BCUT2D eigenvalue weighted by atomic mass is 14.4. The van der Waals surface area contributed by atoms with Crippen LogP contribution < -0.4 is 0 Å². The maximum absolute atomic E-state index is 2.50. The number of hydrogen-bond donors (Lipinski definition) is 0. The van der Waals surface area contributed by atoms with E-state index in [1.54, 1.807) is 0 Å². The molecular formula is C62H40. The first-order valence-corrected chi connectivity index (χ1v) is 21.5. The molecule has 2 aliphatic carbocycles. The molecule has 0 unspecified atom stereocenters. The van der Waals surface area contributed by atoms with E-state index in [2.05, 4.69) is 243 Å². The van der Waals surface area contributed by atoms with Gasteiger partial charge in [-0.05, 0) is 140 Å². The molecule has 0 bridgehead atoms. The summed E-state index contributed by atoms with van der Waals surface area (Å²) >= 11 is 0. The SMILES string of the molecule is c1ccc(C2=C(c3ccccc3)C(c3cccc4c3ccc3cc(-c5ccccc5)ccc34)=C3C2=C(c2ccccc2)c2cc(-c4ccccc4)c(-c4ccccc4)cc23)cc1. The molecule has 0 aromatic heterocycles. The lowest BCUT2D eigenvalue weighted by Crippen LogP contribution is -1.97. The molecule has 0 heteroatoms. The number of rotatable bonds is 7. The molecule has 0 saturated heterocycles. The van der Waals surface area contributed by atoms with Gasteiger partial charge in [-0.15, -0.1) is 0 Å². The van der Waals surface area contributed by atoms with E-state index in [1.165, 1.54) is 122 Å². The van der Waals surface area contributed by atoms with Crippen LogP contribution in [0.1, 0.15) is 33.4 Å². The Hall–Kier alpha value is -8.06. The van der Waals surface area contributed by atoms with Crippen molar-refractivity contribution in [3.63, 3.8) is 0 Å². The van der Waals surface area contributed by atoms with Crippen molar-refractivity contribution in [3.05, 3.63) is 282 Å². The van der Waals surface area contributed by atoms with Crippen LogP contribution in [0.4, 0.5) is 0 Å². The Morgan fingerprint density at radius 1 is 0.161 bits per heavy atom. The van der Waals surface area contributed by atoms with Crippen LogP contribution in [0.2, 0.25) is 0 Å². The molecule has 62 heavy (non-hydrogen) atoms. The second-order valence-corrected chi connectivity index (χ2v) is 16.3. The van der Waals surface area contributed by atoms with E-state index in [0.29, 0.717) is 0 Å². The van der Waals surface area contributed by atoms with Gasteiger partial charge in [0.05, 0.1) is 0 Å². The van der Waals surface area contributed by atoms with Crippen LogP contribution in [0.15, 0.2) is 248 Å². The first kappa shape index (κ1) is 35.8. The molecule has 288 valence electrons. The fraction of sp³-hybridized carbons (Fsp3) is 0. The van der Waals surface area contributed by atoms with E-state index < -0.39 is 0 Å². The van der Waals surface area contributed by atoms with Gasteiger partial charge in [0.1, 0.15) is 0 Å². The van der Waals surface area contributed by atoms with Gasteiger partial charge in [0, 0.05) is 0 Å². The molecule has 0 radical (unpaired) electrons. The highest BCUT2D eigenvalue weighted by Crippen LogP contribution is 2.63. The van der Waals surface area contributed by atoms with Crippen LogP contribution >= 0.6 is 0 Å². The minimum absolute atomic E-state index is 1.20. The highest BCUT2D eigenvalue weighted by molar-refractivity contribution is 6.40. The van der Waals surface area contributed by atoms with Crippen LogP contribution in [-0.4, -0.2) is 0 Å². The molecule has 10 aromatic rings. The summed E-state index contributed by atoms with van der Waals surface area (Å²) in [7, 11) is 0. The van der Waals surface area contributed by atoms with Crippen molar-refractivity contribution < 1.29 is 0 Å². The summed E-state index contributed by atoms with van der Waals surface area (Å²) in [6, 6.07) is 89.3. The predicted molar refractivity (Wildman–Crippen MR) is 263 cm³/mol. The average molecular weight is 785 g/mol. The fourth-order valence-electron chi connectivity index (χ4n) is 10.1.